The Hall–Kier alpha value is -2.11. The van der Waals surface area contributed by atoms with Crippen LogP contribution in [0, 0.1) is 0 Å². The van der Waals surface area contributed by atoms with E-state index in [0.717, 1.165) is 18.5 Å². The van der Waals surface area contributed by atoms with Crippen LogP contribution in [0.3, 0.4) is 0 Å². The maximum Gasteiger partial charge on any atom is 0.331 e. The maximum absolute atomic E-state index is 12.1. The minimum Gasteiger partial charge on any atom is -0.330 e. The molecule has 0 aliphatic heterocycles. The minimum atomic E-state index is -0.266. The average molecular weight is 260 g/mol. The Labute approximate surface area is 109 Å². The fourth-order valence-electron chi connectivity index (χ4n) is 2.24. The van der Waals surface area contributed by atoms with Crippen molar-refractivity contribution in [1.29, 1.82) is 0 Å². The van der Waals surface area contributed by atoms with E-state index in [-0.39, 0.29) is 17.8 Å². The van der Waals surface area contributed by atoms with Crippen molar-refractivity contribution >= 4 is 0 Å². The van der Waals surface area contributed by atoms with E-state index >= 15 is 0 Å². The highest BCUT2D eigenvalue weighted by Crippen LogP contribution is 2.35. The summed E-state index contributed by atoms with van der Waals surface area (Å²) in [6.45, 7) is 2.72. The number of hydrogen-bond donors (Lipinski definition) is 0. The highest BCUT2D eigenvalue weighted by atomic mass is 16.2. The molecule has 2 heterocycles. The van der Waals surface area contributed by atoms with Crippen LogP contribution in [0.25, 0.3) is 0 Å². The molecular formula is C13H16N4O2. The molecule has 0 amide bonds. The summed E-state index contributed by atoms with van der Waals surface area (Å²) in [6, 6.07) is 1.92. The van der Waals surface area contributed by atoms with Gasteiger partial charge in [0, 0.05) is 31.0 Å². The van der Waals surface area contributed by atoms with Crippen LogP contribution in [-0.2, 0) is 13.1 Å². The molecule has 3 rings (SSSR count). The molecule has 2 aromatic heterocycles. The first-order valence-electron chi connectivity index (χ1n) is 6.51. The lowest BCUT2D eigenvalue weighted by molar-refractivity contribution is 0.574. The molecule has 0 aromatic carbocycles. The first-order valence-corrected chi connectivity index (χ1v) is 6.51. The van der Waals surface area contributed by atoms with Gasteiger partial charge in [0.05, 0.1) is 18.6 Å². The predicted molar refractivity (Wildman–Crippen MR) is 70.2 cm³/mol. The number of aryl methyl sites for hydroxylation is 1. The first kappa shape index (κ1) is 12.0. The van der Waals surface area contributed by atoms with Crippen molar-refractivity contribution in [3.63, 3.8) is 0 Å². The van der Waals surface area contributed by atoms with Gasteiger partial charge in [-0.1, -0.05) is 0 Å². The molecule has 0 spiro atoms. The molecular weight excluding hydrogens is 244 g/mol. The fraction of sp³-hybridized carbons (Fsp3) is 0.462. The number of nitrogens with zero attached hydrogens (tertiary/aromatic N) is 4. The first-order chi connectivity index (χ1) is 9.20. The molecule has 0 radical (unpaired) electrons. The number of aromatic nitrogens is 4. The van der Waals surface area contributed by atoms with E-state index in [1.165, 1.54) is 15.2 Å². The Morgan fingerprint density at radius 2 is 2.16 bits per heavy atom. The lowest BCUT2D eigenvalue weighted by Gasteiger charge is -2.10. The third kappa shape index (κ3) is 2.14. The van der Waals surface area contributed by atoms with E-state index < -0.39 is 0 Å². The van der Waals surface area contributed by atoms with Crippen LogP contribution in [0.15, 0.2) is 34.4 Å². The second-order valence-electron chi connectivity index (χ2n) is 4.83. The molecule has 2 aromatic rings. The van der Waals surface area contributed by atoms with E-state index in [0.29, 0.717) is 12.6 Å². The highest BCUT2D eigenvalue weighted by molar-refractivity contribution is 5.05. The molecule has 1 aliphatic rings. The second-order valence-corrected chi connectivity index (χ2v) is 4.83. The van der Waals surface area contributed by atoms with Crippen molar-refractivity contribution in [2.75, 3.05) is 0 Å². The van der Waals surface area contributed by atoms with Crippen LogP contribution >= 0.6 is 0 Å². The summed E-state index contributed by atoms with van der Waals surface area (Å²) >= 11 is 0. The maximum atomic E-state index is 12.1. The van der Waals surface area contributed by atoms with E-state index in [9.17, 15) is 9.59 Å². The van der Waals surface area contributed by atoms with Crippen LogP contribution in [0.5, 0.6) is 0 Å². The number of hydrogen-bond acceptors (Lipinski definition) is 3. The van der Waals surface area contributed by atoms with Crippen LogP contribution < -0.4 is 11.2 Å². The van der Waals surface area contributed by atoms with Crippen LogP contribution in [0.1, 0.15) is 31.5 Å². The second kappa shape index (κ2) is 4.53. The van der Waals surface area contributed by atoms with Crippen LogP contribution in [0.2, 0.25) is 0 Å². The SMILES string of the molecule is CCn1ccc(=O)n(Cc2cncn2C2CC2)c1=O. The normalized spacial score (nSPS) is 14.8. The van der Waals surface area contributed by atoms with Crippen LogP contribution in [0.4, 0.5) is 0 Å². The summed E-state index contributed by atoms with van der Waals surface area (Å²) in [5.74, 6) is 0. The van der Waals surface area contributed by atoms with Gasteiger partial charge < -0.3 is 9.13 Å². The standard InChI is InChI=1S/C13H16N4O2/c1-2-15-6-5-12(18)16(13(15)19)8-11-7-14-9-17(11)10-3-4-10/h5-7,9-10H,2-4,8H2,1H3. The third-order valence-corrected chi connectivity index (χ3v) is 3.49. The Kier molecular flexibility index (Phi) is 2.85. The van der Waals surface area contributed by atoms with E-state index in [1.54, 1.807) is 18.7 Å². The molecule has 1 saturated carbocycles. The largest absolute Gasteiger partial charge is 0.331 e. The van der Waals surface area contributed by atoms with Gasteiger partial charge in [-0.15, -0.1) is 0 Å². The monoisotopic (exact) mass is 260 g/mol. The summed E-state index contributed by atoms with van der Waals surface area (Å²) in [4.78, 5) is 28.1. The summed E-state index contributed by atoms with van der Waals surface area (Å²) in [7, 11) is 0. The average Bonchev–Trinajstić information content (AvgIpc) is 3.14. The van der Waals surface area contributed by atoms with Crippen molar-refractivity contribution in [2.45, 2.75) is 38.9 Å². The van der Waals surface area contributed by atoms with Gasteiger partial charge in [0.2, 0.25) is 0 Å². The molecule has 100 valence electrons. The molecule has 1 aliphatic carbocycles. The van der Waals surface area contributed by atoms with E-state index in [4.69, 9.17) is 0 Å². The summed E-state index contributed by atoms with van der Waals surface area (Å²) in [6.07, 6.45) is 7.34. The fourth-order valence-corrected chi connectivity index (χ4v) is 2.24. The zero-order valence-electron chi connectivity index (χ0n) is 10.8. The van der Waals surface area contributed by atoms with Crippen LogP contribution in [-0.4, -0.2) is 18.7 Å². The molecule has 0 bridgehead atoms. The van der Waals surface area contributed by atoms with E-state index in [1.807, 2.05) is 6.92 Å². The van der Waals surface area contributed by atoms with Crippen molar-refractivity contribution in [2.24, 2.45) is 0 Å². The Bertz CT molecular complexity index is 706. The number of rotatable bonds is 4. The molecule has 1 fully saturated rings. The Balaban J connectivity index is 2.01. The van der Waals surface area contributed by atoms with Gasteiger partial charge in [-0.05, 0) is 19.8 Å². The topological polar surface area (TPSA) is 61.8 Å². The minimum absolute atomic E-state index is 0.265. The number of imidazole rings is 1. The summed E-state index contributed by atoms with van der Waals surface area (Å²) in [5.41, 5.74) is 0.382. The Morgan fingerprint density at radius 3 is 2.84 bits per heavy atom. The van der Waals surface area contributed by atoms with Gasteiger partial charge in [0.1, 0.15) is 0 Å². The van der Waals surface area contributed by atoms with E-state index in [2.05, 4.69) is 9.55 Å². The predicted octanol–water partition coefficient (Wildman–Crippen LogP) is 0.610. The summed E-state index contributed by atoms with van der Waals surface area (Å²) < 4.78 is 4.85. The lowest BCUT2D eigenvalue weighted by atomic mass is 10.4. The quantitative estimate of drug-likeness (QED) is 0.809. The van der Waals surface area contributed by atoms with Crippen molar-refractivity contribution in [3.8, 4) is 0 Å². The highest BCUT2D eigenvalue weighted by Gasteiger charge is 2.25. The zero-order chi connectivity index (χ0) is 13.4. The van der Waals surface area contributed by atoms with Crippen molar-refractivity contribution in [3.05, 3.63) is 51.3 Å². The van der Waals surface area contributed by atoms with Gasteiger partial charge >= 0.3 is 5.69 Å². The molecule has 6 nitrogen and oxygen atoms in total. The zero-order valence-corrected chi connectivity index (χ0v) is 10.8. The van der Waals surface area contributed by atoms with Gasteiger partial charge in [-0.2, -0.15) is 0 Å². The smallest absolute Gasteiger partial charge is 0.330 e. The lowest BCUT2D eigenvalue weighted by Crippen LogP contribution is -2.39. The molecule has 0 saturated heterocycles. The molecule has 6 heteroatoms. The van der Waals surface area contributed by atoms with Gasteiger partial charge in [-0.3, -0.25) is 9.36 Å². The van der Waals surface area contributed by atoms with Gasteiger partial charge in [-0.25, -0.2) is 9.78 Å². The third-order valence-electron chi connectivity index (χ3n) is 3.49. The molecule has 0 unspecified atom stereocenters. The van der Waals surface area contributed by atoms with Crippen molar-refractivity contribution < 1.29 is 0 Å². The van der Waals surface area contributed by atoms with Crippen molar-refractivity contribution in [1.82, 2.24) is 18.7 Å². The molecule has 0 N–H and O–H groups in total. The molecule has 19 heavy (non-hydrogen) atoms. The van der Waals surface area contributed by atoms with Gasteiger partial charge in [0.15, 0.2) is 0 Å². The van der Waals surface area contributed by atoms with Gasteiger partial charge in [0.25, 0.3) is 5.56 Å². The Morgan fingerprint density at radius 1 is 1.37 bits per heavy atom. The summed E-state index contributed by atoms with van der Waals surface area (Å²) in [5, 5.41) is 0. The molecule has 0 atom stereocenters.